The predicted molar refractivity (Wildman–Crippen MR) is 83.6 cm³/mol. The third-order valence-corrected chi connectivity index (χ3v) is 4.07. The lowest BCUT2D eigenvalue weighted by Crippen LogP contribution is -2.24. The summed E-state index contributed by atoms with van der Waals surface area (Å²) in [7, 11) is 0. The Kier molecular flexibility index (Phi) is 5.43. The van der Waals surface area contributed by atoms with Crippen LogP contribution in [0.4, 0.5) is 0 Å². The maximum absolute atomic E-state index is 11.7. The van der Waals surface area contributed by atoms with Crippen molar-refractivity contribution in [2.75, 3.05) is 0 Å². The number of esters is 1. The summed E-state index contributed by atoms with van der Waals surface area (Å²) in [6.45, 7) is 7.48. The third kappa shape index (κ3) is 4.35. The lowest BCUT2D eigenvalue weighted by molar-refractivity contribution is -0.130. The largest absolute Gasteiger partial charge is 0.487 e. The van der Waals surface area contributed by atoms with Gasteiger partial charge in [-0.2, -0.15) is 0 Å². The van der Waals surface area contributed by atoms with Gasteiger partial charge in [-0.3, -0.25) is 0 Å². The molecule has 0 N–H and O–H groups in total. The maximum atomic E-state index is 11.7. The summed E-state index contributed by atoms with van der Waals surface area (Å²) in [6.07, 6.45) is 6.05. The zero-order chi connectivity index (χ0) is 15.2. The van der Waals surface area contributed by atoms with Crippen molar-refractivity contribution < 1.29 is 14.3 Å². The number of para-hydroxylation sites is 2. The zero-order valence-electron chi connectivity index (χ0n) is 12.9. The molecule has 0 saturated heterocycles. The van der Waals surface area contributed by atoms with Crippen molar-refractivity contribution in [1.29, 1.82) is 0 Å². The van der Waals surface area contributed by atoms with E-state index in [1.165, 1.54) is 19.3 Å². The summed E-state index contributed by atoms with van der Waals surface area (Å²) in [5, 5.41) is 0. The first-order chi connectivity index (χ1) is 10.1. The molecule has 2 rings (SSSR count). The summed E-state index contributed by atoms with van der Waals surface area (Å²) in [4.78, 5) is 11.7. The first-order valence-electron chi connectivity index (χ1n) is 7.73. The first-order valence-corrected chi connectivity index (χ1v) is 7.73. The average Bonchev–Trinajstić information content (AvgIpc) is 2.50. The molecule has 1 aromatic rings. The quantitative estimate of drug-likeness (QED) is 0.454. The van der Waals surface area contributed by atoms with E-state index in [0.717, 1.165) is 18.8 Å². The average molecular weight is 288 g/mol. The zero-order valence-corrected chi connectivity index (χ0v) is 12.9. The van der Waals surface area contributed by atoms with Crippen molar-refractivity contribution in [2.24, 2.45) is 5.92 Å². The first kappa shape index (κ1) is 15.6. The molecule has 3 heteroatoms. The summed E-state index contributed by atoms with van der Waals surface area (Å²) in [5.74, 6) is 1.54. The molecule has 0 spiro atoms. The van der Waals surface area contributed by atoms with Crippen LogP contribution < -0.4 is 9.47 Å². The van der Waals surface area contributed by atoms with Gasteiger partial charge in [-0.25, -0.2) is 4.79 Å². The van der Waals surface area contributed by atoms with Crippen molar-refractivity contribution in [3.8, 4) is 11.5 Å². The van der Waals surface area contributed by atoms with E-state index in [9.17, 15) is 4.79 Å². The lowest BCUT2D eigenvalue weighted by Gasteiger charge is -2.28. The summed E-state index contributed by atoms with van der Waals surface area (Å²) in [5.41, 5.74) is 0.383. The minimum Gasteiger partial charge on any atom is -0.487 e. The van der Waals surface area contributed by atoms with Gasteiger partial charge in [0.05, 0.1) is 6.10 Å². The topological polar surface area (TPSA) is 35.5 Å². The van der Waals surface area contributed by atoms with Gasteiger partial charge in [0.15, 0.2) is 11.5 Å². The minimum absolute atomic E-state index is 0.220. The molecule has 0 amide bonds. The van der Waals surface area contributed by atoms with Crippen LogP contribution in [-0.4, -0.2) is 12.1 Å². The van der Waals surface area contributed by atoms with Gasteiger partial charge in [-0.05, 0) is 50.7 Å². The van der Waals surface area contributed by atoms with E-state index in [-0.39, 0.29) is 6.10 Å². The van der Waals surface area contributed by atoms with E-state index in [1.807, 2.05) is 18.2 Å². The summed E-state index contributed by atoms with van der Waals surface area (Å²) < 4.78 is 11.4. The number of hydrogen-bond acceptors (Lipinski definition) is 3. The fourth-order valence-corrected chi connectivity index (χ4v) is 2.66. The number of rotatable bonds is 5. The van der Waals surface area contributed by atoms with Crippen LogP contribution in [0, 0.1) is 5.92 Å². The predicted octanol–water partition coefficient (Wildman–Crippen LogP) is 4.52. The van der Waals surface area contributed by atoms with Crippen LogP contribution in [-0.2, 0) is 4.79 Å². The molecular weight excluding hydrogens is 264 g/mol. The Labute approximate surface area is 127 Å². The van der Waals surface area contributed by atoms with E-state index in [4.69, 9.17) is 9.47 Å². The van der Waals surface area contributed by atoms with Crippen molar-refractivity contribution in [1.82, 2.24) is 0 Å². The van der Waals surface area contributed by atoms with Gasteiger partial charge < -0.3 is 9.47 Å². The molecule has 1 aliphatic carbocycles. The molecule has 1 fully saturated rings. The fourth-order valence-electron chi connectivity index (χ4n) is 2.66. The number of benzene rings is 1. The SMILES string of the molecule is C=C(C)C(=O)Oc1ccccc1OC1CCC(CC)CC1. The number of ether oxygens (including phenoxy) is 2. The number of hydrogen-bond donors (Lipinski definition) is 0. The highest BCUT2D eigenvalue weighted by atomic mass is 16.6. The molecule has 1 saturated carbocycles. The molecule has 0 radical (unpaired) electrons. The molecule has 0 aliphatic heterocycles. The normalized spacial score (nSPS) is 21.6. The molecule has 0 unspecified atom stereocenters. The van der Waals surface area contributed by atoms with Crippen LogP contribution in [0.3, 0.4) is 0 Å². The van der Waals surface area contributed by atoms with Crippen LogP contribution in [0.25, 0.3) is 0 Å². The van der Waals surface area contributed by atoms with Gasteiger partial charge in [-0.1, -0.05) is 32.1 Å². The van der Waals surface area contributed by atoms with Crippen LogP contribution in [0.2, 0.25) is 0 Å². The second-order valence-corrected chi connectivity index (χ2v) is 5.79. The number of carbonyl (C=O) groups is 1. The van der Waals surface area contributed by atoms with Gasteiger partial charge in [0.2, 0.25) is 0 Å². The molecule has 0 aromatic heterocycles. The van der Waals surface area contributed by atoms with Crippen molar-refractivity contribution in [3.05, 3.63) is 36.4 Å². The van der Waals surface area contributed by atoms with E-state index in [0.29, 0.717) is 17.1 Å². The molecule has 0 atom stereocenters. The summed E-state index contributed by atoms with van der Waals surface area (Å²) >= 11 is 0. The van der Waals surface area contributed by atoms with E-state index in [1.54, 1.807) is 13.0 Å². The molecule has 1 aromatic carbocycles. The van der Waals surface area contributed by atoms with E-state index < -0.39 is 5.97 Å². The summed E-state index contributed by atoms with van der Waals surface area (Å²) in [6, 6.07) is 7.34. The highest BCUT2D eigenvalue weighted by Crippen LogP contribution is 2.33. The fraction of sp³-hybridized carbons (Fsp3) is 0.500. The molecule has 0 heterocycles. The van der Waals surface area contributed by atoms with Crippen molar-refractivity contribution in [3.63, 3.8) is 0 Å². The van der Waals surface area contributed by atoms with Crippen LogP contribution in [0.5, 0.6) is 11.5 Å². The van der Waals surface area contributed by atoms with Gasteiger partial charge >= 0.3 is 5.97 Å². The maximum Gasteiger partial charge on any atom is 0.338 e. The van der Waals surface area contributed by atoms with Crippen molar-refractivity contribution in [2.45, 2.75) is 52.1 Å². The van der Waals surface area contributed by atoms with Gasteiger partial charge in [0, 0.05) is 5.57 Å². The Morgan fingerprint density at radius 2 is 1.81 bits per heavy atom. The minimum atomic E-state index is -0.416. The van der Waals surface area contributed by atoms with Crippen LogP contribution in [0.15, 0.2) is 36.4 Å². The van der Waals surface area contributed by atoms with Gasteiger partial charge in [-0.15, -0.1) is 0 Å². The standard InChI is InChI=1S/C18H24O3/c1-4-14-9-11-15(12-10-14)20-16-7-5-6-8-17(16)21-18(19)13(2)3/h5-8,14-15H,2,4,9-12H2,1,3H3. The smallest absolute Gasteiger partial charge is 0.338 e. The molecular formula is C18H24O3. The Morgan fingerprint density at radius 3 is 2.38 bits per heavy atom. The highest BCUT2D eigenvalue weighted by Gasteiger charge is 2.22. The van der Waals surface area contributed by atoms with Crippen molar-refractivity contribution >= 4 is 5.97 Å². The monoisotopic (exact) mass is 288 g/mol. The van der Waals surface area contributed by atoms with E-state index in [2.05, 4.69) is 13.5 Å². The van der Waals surface area contributed by atoms with E-state index >= 15 is 0 Å². The molecule has 1 aliphatic rings. The van der Waals surface area contributed by atoms with Gasteiger partial charge in [0.1, 0.15) is 0 Å². The third-order valence-electron chi connectivity index (χ3n) is 4.07. The lowest BCUT2D eigenvalue weighted by atomic mass is 9.86. The Bertz CT molecular complexity index is 499. The Hall–Kier alpha value is -1.77. The Balaban J connectivity index is 2.00. The molecule has 0 bridgehead atoms. The molecule has 3 nitrogen and oxygen atoms in total. The Morgan fingerprint density at radius 1 is 1.19 bits per heavy atom. The molecule has 21 heavy (non-hydrogen) atoms. The highest BCUT2D eigenvalue weighted by molar-refractivity contribution is 5.89. The van der Waals surface area contributed by atoms with Gasteiger partial charge in [0.25, 0.3) is 0 Å². The number of carbonyl (C=O) groups excluding carboxylic acids is 1. The molecule has 114 valence electrons. The van der Waals surface area contributed by atoms with Crippen LogP contribution in [0.1, 0.15) is 46.0 Å². The van der Waals surface area contributed by atoms with Crippen LogP contribution >= 0.6 is 0 Å². The second-order valence-electron chi connectivity index (χ2n) is 5.79. The second kappa shape index (κ2) is 7.30.